The van der Waals surface area contributed by atoms with Gasteiger partial charge in [0.05, 0.1) is 19.3 Å². The summed E-state index contributed by atoms with van der Waals surface area (Å²) in [6, 6.07) is -0.478. The molecule has 0 radical (unpaired) electrons. The average molecular weight is 268 g/mol. The zero-order valence-electron chi connectivity index (χ0n) is 10.8. The van der Waals surface area contributed by atoms with Crippen LogP contribution in [-0.2, 0) is 9.53 Å². The fourth-order valence-corrected chi connectivity index (χ4v) is 2.18. The zero-order valence-corrected chi connectivity index (χ0v) is 10.8. The monoisotopic (exact) mass is 268 g/mol. The molecule has 1 aliphatic heterocycles. The molecule has 19 heavy (non-hydrogen) atoms. The van der Waals surface area contributed by atoms with Crippen LogP contribution in [0.15, 0.2) is 0 Å². The standard InChI is InChI=1S/C11H16N4O4/c1-3-15(8-5-19-4-7(8)11(17)18)10(16)9-12-6(2)13-14-9/h7-8H,3-5H2,1-2H3,(H,17,18)(H,12,13,14). The summed E-state index contributed by atoms with van der Waals surface area (Å²) in [5, 5.41) is 15.5. The predicted octanol–water partition coefficient (Wildman–Crippen LogP) is -0.325. The van der Waals surface area contributed by atoms with Gasteiger partial charge in [0, 0.05) is 6.54 Å². The number of aromatic amines is 1. The van der Waals surface area contributed by atoms with Crippen molar-refractivity contribution in [3.63, 3.8) is 0 Å². The van der Waals surface area contributed by atoms with E-state index in [1.54, 1.807) is 13.8 Å². The Balaban J connectivity index is 2.20. The SMILES string of the molecule is CCN(C(=O)c1n[nH]c(C)n1)C1COCC1C(=O)O. The van der Waals surface area contributed by atoms with Gasteiger partial charge in [-0.25, -0.2) is 4.98 Å². The highest BCUT2D eigenvalue weighted by Crippen LogP contribution is 2.21. The lowest BCUT2D eigenvalue weighted by Crippen LogP contribution is -2.46. The van der Waals surface area contributed by atoms with Crippen LogP contribution in [0.4, 0.5) is 0 Å². The number of rotatable bonds is 4. The van der Waals surface area contributed by atoms with Crippen molar-refractivity contribution in [1.82, 2.24) is 20.1 Å². The van der Waals surface area contributed by atoms with Crippen LogP contribution < -0.4 is 0 Å². The number of carbonyl (C=O) groups is 2. The minimum atomic E-state index is -0.958. The number of nitrogens with one attached hydrogen (secondary N) is 1. The van der Waals surface area contributed by atoms with Crippen LogP contribution in [0.1, 0.15) is 23.4 Å². The number of nitrogens with zero attached hydrogens (tertiary/aromatic N) is 3. The van der Waals surface area contributed by atoms with Crippen LogP contribution in [0.5, 0.6) is 0 Å². The van der Waals surface area contributed by atoms with Crippen molar-refractivity contribution < 1.29 is 19.4 Å². The van der Waals surface area contributed by atoms with Gasteiger partial charge < -0.3 is 14.7 Å². The lowest BCUT2D eigenvalue weighted by Gasteiger charge is -2.28. The molecule has 0 aromatic carbocycles. The number of hydrogen-bond donors (Lipinski definition) is 2. The average Bonchev–Trinajstić information content (AvgIpc) is 2.98. The van der Waals surface area contributed by atoms with Gasteiger partial charge in [0.1, 0.15) is 11.7 Å². The van der Waals surface area contributed by atoms with Crippen molar-refractivity contribution >= 4 is 11.9 Å². The summed E-state index contributed by atoms with van der Waals surface area (Å²) in [5.74, 6) is -1.45. The zero-order chi connectivity index (χ0) is 14.0. The number of likely N-dealkylation sites (N-methyl/N-ethyl adjacent to an activating group) is 1. The maximum atomic E-state index is 12.3. The predicted molar refractivity (Wildman–Crippen MR) is 63.6 cm³/mol. The number of aliphatic carboxylic acids is 1. The molecule has 1 aromatic heterocycles. The molecule has 0 saturated carbocycles. The van der Waals surface area contributed by atoms with Crippen molar-refractivity contribution in [3.05, 3.63) is 11.6 Å². The first-order valence-corrected chi connectivity index (χ1v) is 6.05. The maximum Gasteiger partial charge on any atom is 0.311 e. The maximum absolute atomic E-state index is 12.3. The van der Waals surface area contributed by atoms with Gasteiger partial charge in [-0.3, -0.25) is 14.7 Å². The summed E-state index contributed by atoms with van der Waals surface area (Å²) in [6.07, 6.45) is 0. The minimum Gasteiger partial charge on any atom is -0.481 e. The van der Waals surface area contributed by atoms with Gasteiger partial charge in [-0.05, 0) is 13.8 Å². The number of carbonyl (C=O) groups excluding carboxylic acids is 1. The van der Waals surface area contributed by atoms with Gasteiger partial charge in [-0.15, -0.1) is 5.10 Å². The van der Waals surface area contributed by atoms with Crippen molar-refractivity contribution in [3.8, 4) is 0 Å². The Bertz CT molecular complexity index is 487. The Labute approximate surface area is 109 Å². The Hall–Kier alpha value is -1.96. The van der Waals surface area contributed by atoms with E-state index in [0.29, 0.717) is 12.4 Å². The van der Waals surface area contributed by atoms with Crippen LogP contribution in [-0.4, -0.2) is 62.9 Å². The smallest absolute Gasteiger partial charge is 0.311 e. The molecule has 0 spiro atoms. The summed E-state index contributed by atoms with van der Waals surface area (Å²) < 4.78 is 5.18. The largest absolute Gasteiger partial charge is 0.481 e. The molecular formula is C11H16N4O4. The highest BCUT2D eigenvalue weighted by atomic mass is 16.5. The van der Waals surface area contributed by atoms with E-state index >= 15 is 0 Å². The molecule has 8 nitrogen and oxygen atoms in total. The van der Waals surface area contributed by atoms with Gasteiger partial charge in [-0.2, -0.15) is 0 Å². The molecule has 2 heterocycles. The molecule has 1 fully saturated rings. The quantitative estimate of drug-likeness (QED) is 0.774. The van der Waals surface area contributed by atoms with Crippen molar-refractivity contribution in [2.24, 2.45) is 5.92 Å². The molecule has 0 aliphatic carbocycles. The van der Waals surface area contributed by atoms with Gasteiger partial charge in [0.15, 0.2) is 0 Å². The third-order valence-corrected chi connectivity index (χ3v) is 3.16. The molecule has 1 amide bonds. The van der Waals surface area contributed by atoms with Crippen LogP contribution in [0.25, 0.3) is 0 Å². The van der Waals surface area contributed by atoms with Crippen LogP contribution in [0.2, 0.25) is 0 Å². The lowest BCUT2D eigenvalue weighted by atomic mass is 10.0. The number of carboxylic acid groups (broad SMARTS) is 1. The summed E-state index contributed by atoms with van der Waals surface area (Å²) in [5.41, 5.74) is 0. The third-order valence-electron chi connectivity index (χ3n) is 3.16. The Morgan fingerprint density at radius 2 is 2.26 bits per heavy atom. The van der Waals surface area contributed by atoms with Crippen LogP contribution in [0, 0.1) is 12.8 Å². The van der Waals surface area contributed by atoms with Crippen molar-refractivity contribution in [1.29, 1.82) is 0 Å². The van der Waals surface area contributed by atoms with E-state index in [2.05, 4.69) is 15.2 Å². The van der Waals surface area contributed by atoms with Crippen molar-refractivity contribution in [2.45, 2.75) is 19.9 Å². The highest BCUT2D eigenvalue weighted by Gasteiger charge is 2.40. The first-order valence-electron chi connectivity index (χ1n) is 6.05. The number of ether oxygens (including phenoxy) is 1. The van der Waals surface area contributed by atoms with Crippen molar-refractivity contribution in [2.75, 3.05) is 19.8 Å². The van der Waals surface area contributed by atoms with E-state index in [0.717, 1.165) is 0 Å². The number of carboxylic acids is 1. The van der Waals surface area contributed by atoms with E-state index < -0.39 is 17.9 Å². The van der Waals surface area contributed by atoms with Crippen LogP contribution >= 0.6 is 0 Å². The summed E-state index contributed by atoms with van der Waals surface area (Å²) >= 11 is 0. The van der Waals surface area contributed by atoms with Gasteiger partial charge in [0.2, 0.25) is 5.82 Å². The number of aryl methyl sites for hydroxylation is 1. The third kappa shape index (κ3) is 2.58. The van der Waals surface area contributed by atoms with E-state index in [1.165, 1.54) is 4.90 Å². The Kier molecular flexibility index (Phi) is 3.79. The molecule has 1 saturated heterocycles. The first-order chi connectivity index (χ1) is 9.04. The molecule has 0 bridgehead atoms. The molecule has 2 rings (SSSR count). The summed E-state index contributed by atoms with van der Waals surface area (Å²) in [6.45, 7) is 4.20. The summed E-state index contributed by atoms with van der Waals surface area (Å²) in [4.78, 5) is 28.8. The van der Waals surface area contributed by atoms with Gasteiger partial charge in [0.25, 0.3) is 5.91 Å². The molecule has 8 heteroatoms. The fourth-order valence-electron chi connectivity index (χ4n) is 2.18. The molecular weight excluding hydrogens is 252 g/mol. The summed E-state index contributed by atoms with van der Waals surface area (Å²) in [7, 11) is 0. The molecule has 2 unspecified atom stereocenters. The van der Waals surface area contributed by atoms with Crippen LogP contribution in [0.3, 0.4) is 0 Å². The van der Waals surface area contributed by atoms with Gasteiger partial charge >= 0.3 is 5.97 Å². The van der Waals surface area contributed by atoms with E-state index in [4.69, 9.17) is 9.84 Å². The van der Waals surface area contributed by atoms with E-state index in [1.807, 2.05) is 0 Å². The first kappa shape index (κ1) is 13.5. The fraction of sp³-hybridized carbons (Fsp3) is 0.636. The molecule has 1 aromatic rings. The van der Waals surface area contributed by atoms with Gasteiger partial charge in [-0.1, -0.05) is 0 Å². The highest BCUT2D eigenvalue weighted by molar-refractivity contribution is 5.91. The van der Waals surface area contributed by atoms with E-state index in [9.17, 15) is 9.59 Å². The second kappa shape index (κ2) is 5.35. The lowest BCUT2D eigenvalue weighted by molar-refractivity contribution is -0.142. The topological polar surface area (TPSA) is 108 Å². The molecule has 2 atom stereocenters. The second-order valence-electron chi connectivity index (χ2n) is 4.39. The Morgan fingerprint density at radius 1 is 1.53 bits per heavy atom. The minimum absolute atomic E-state index is 0.0513. The molecule has 1 aliphatic rings. The normalized spacial score (nSPS) is 22.4. The Morgan fingerprint density at radius 3 is 2.79 bits per heavy atom. The number of aromatic nitrogens is 3. The second-order valence-corrected chi connectivity index (χ2v) is 4.39. The number of amides is 1. The molecule has 104 valence electrons. The number of hydrogen-bond acceptors (Lipinski definition) is 5. The molecule has 2 N–H and O–H groups in total. The van der Waals surface area contributed by atoms with E-state index in [-0.39, 0.29) is 24.9 Å². The number of H-pyrrole nitrogens is 1.